The Labute approximate surface area is 68.2 Å². The van der Waals surface area contributed by atoms with E-state index in [1.807, 2.05) is 0 Å². The predicted molar refractivity (Wildman–Crippen MR) is 47.2 cm³/mol. The first-order chi connectivity index (χ1) is 5.18. The van der Waals surface area contributed by atoms with Crippen LogP contribution in [0.4, 0.5) is 0 Å². The zero-order chi connectivity index (χ0) is 8.27. The van der Waals surface area contributed by atoms with Gasteiger partial charge < -0.3 is 5.73 Å². The second-order valence-corrected chi connectivity index (χ2v) is 3.30. The van der Waals surface area contributed by atoms with E-state index in [1.165, 1.54) is 11.1 Å². The van der Waals surface area contributed by atoms with E-state index in [-0.39, 0.29) is 0 Å². The van der Waals surface area contributed by atoms with E-state index in [0.717, 1.165) is 6.42 Å². The second-order valence-electron chi connectivity index (χ2n) is 3.30. The standard InChI is InChI=1S/C10H15N/c1-8-4-3-5-10(6-8)7-9(2)11/h3-6,9H,7,11H2,1-2H3/p+1. The fourth-order valence-corrected chi connectivity index (χ4v) is 1.24. The number of hydrogen-bond donors (Lipinski definition) is 1. The first-order valence-electron chi connectivity index (χ1n) is 4.07. The third kappa shape index (κ3) is 2.72. The Balaban J connectivity index is 2.71. The Hall–Kier alpha value is -0.820. The van der Waals surface area contributed by atoms with Gasteiger partial charge in [-0.1, -0.05) is 29.8 Å². The van der Waals surface area contributed by atoms with Crippen LogP contribution in [0.15, 0.2) is 24.3 Å². The van der Waals surface area contributed by atoms with Gasteiger partial charge in [-0.2, -0.15) is 0 Å². The normalized spacial score (nSPS) is 13.0. The summed E-state index contributed by atoms with van der Waals surface area (Å²) in [4.78, 5) is 0. The monoisotopic (exact) mass is 150 g/mol. The summed E-state index contributed by atoms with van der Waals surface area (Å²) >= 11 is 0. The minimum Gasteiger partial charge on any atom is -0.355 e. The second kappa shape index (κ2) is 3.54. The van der Waals surface area contributed by atoms with Gasteiger partial charge in [0.25, 0.3) is 0 Å². The van der Waals surface area contributed by atoms with E-state index < -0.39 is 0 Å². The van der Waals surface area contributed by atoms with Gasteiger partial charge in [-0.05, 0) is 19.4 Å². The van der Waals surface area contributed by atoms with Gasteiger partial charge in [0.2, 0.25) is 0 Å². The smallest absolute Gasteiger partial charge is 0.0855 e. The topological polar surface area (TPSA) is 27.6 Å². The fraction of sp³-hybridized carbons (Fsp3) is 0.400. The summed E-state index contributed by atoms with van der Waals surface area (Å²) < 4.78 is 0. The van der Waals surface area contributed by atoms with E-state index >= 15 is 0 Å². The van der Waals surface area contributed by atoms with Crippen LogP contribution in [0.3, 0.4) is 0 Å². The first-order valence-corrected chi connectivity index (χ1v) is 4.07. The van der Waals surface area contributed by atoms with E-state index in [0.29, 0.717) is 6.04 Å². The quantitative estimate of drug-likeness (QED) is 0.655. The predicted octanol–water partition coefficient (Wildman–Crippen LogP) is 1.17. The van der Waals surface area contributed by atoms with Crippen LogP contribution < -0.4 is 5.73 Å². The highest BCUT2D eigenvalue weighted by Gasteiger charge is 1.99. The first kappa shape index (κ1) is 8.28. The lowest BCUT2D eigenvalue weighted by Crippen LogP contribution is -2.60. The molecular weight excluding hydrogens is 134 g/mol. The molecule has 0 amide bonds. The molecule has 0 saturated carbocycles. The van der Waals surface area contributed by atoms with Crippen LogP contribution in [-0.4, -0.2) is 6.04 Å². The number of hydrogen-bond acceptors (Lipinski definition) is 0. The lowest BCUT2D eigenvalue weighted by atomic mass is 10.1. The molecule has 0 aliphatic carbocycles. The maximum absolute atomic E-state index is 3.96. The molecule has 0 aliphatic heterocycles. The summed E-state index contributed by atoms with van der Waals surface area (Å²) in [6, 6.07) is 9.12. The van der Waals surface area contributed by atoms with Crippen molar-refractivity contribution < 1.29 is 5.73 Å². The number of rotatable bonds is 2. The van der Waals surface area contributed by atoms with Crippen LogP contribution >= 0.6 is 0 Å². The highest BCUT2D eigenvalue weighted by molar-refractivity contribution is 5.22. The number of aryl methyl sites for hydroxylation is 1. The van der Waals surface area contributed by atoms with Crippen molar-refractivity contribution in [3.63, 3.8) is 0 Å². The molecule has 0 aromatic heterocycles. The van der Waals surface area contributed by atoms with Gasteiger partial charge in [-0.25, -0.2) is 0 Å². The minimum absolute atomic E-state index is 0.511. The average Bonchev–Trinajstić information content (AvgIpc) is 1.85. The van der Waals surface area contributed by atoms with Crippen molar-refractivity contribution in [2.45, 2.75) is 26.3 Å². The molecule has 0 saturated heterocycles. The van der Waals surface area contributed by atoms with Gasteiger partial charge in [0.1, 0.15) is 0 Å². The minimum atomic E-state index is 0.511. The molecule has 1 heteroatoms. The Kier molecular flexibility index (Phi) is 2.66. The average molecular weight is 150 g/mol. The van der Waals surface area contributed by atoms with Crippen molar-refractivity contribution in [2.75, 3.05) is 0 Å². The molecule has 0 radical (unpaired) electrons. The third-order valence-corrected chi connectivity index (χ3v) is 1.67. The van der Waals surface area contributed by atoms with Gasteiger partial charge in [0.05, 0.1) is 6.04 Å². The summed E-state index contributed by atoms with van der Waals surface area (Å²) in [6.07, 6.45) is 1.08. The molecule has 1 unspecified atom stereocenters. The molecule has 60 valence electrons. The van der Waals surface area contributed by atoms with Crippen LogP contribution in [0.2, 0.25) is 0 Å². The third-order valence-electron chi connectivity index (χ3n) is 1.67. The zero-order valence-electron chi connectivity index (χ0n) is 7.30. The molecule has 1 nitrogen and oxygen atoms in total. The number of benzene rings is 1. The summed E-state index contributed by atoms with van der Waals surface area (Å²) in [5.41, 5.74) is 6.70. The molecule has 1 atom stereocenters. The van der Waals surface area contributed by atoms with E-state index in [9.17, 15) is 0 Å². The molecule has 1 aromatic rings. The zero-order valence-corrected chi connectivity index (χ0v) is 7.30. The molecule has 1 aromatic carbocycles. The Morgan fingerprint density at radius 3 is 2.73 bits per heavy atom. The van der Waals surface area contributed by atoms with Crippen molar-refractivity contribution in [3.05, 3.63) is 35.4 Å². The van der Waals surface area contributed by atoms with E-state index in [4.69, 9.17) is 0 Å². The molecule has 0 aliphatic rings. The van der Waals surface area contributed by atoms with Crippen LogP contribution in [0.25, 0.3) is 0 Å². The molecule has 0 fully saturated rings. The van der Waals surface area contributed by atoms with Crippen molar-refractivity contribution in [1.29, 1.82) is 0 Å². The molecular formula is C10H16N+. The molecule has 0 heterocycles. The molecule has 3 N–H and O–H groups in total. The summed E-state index contributed by atoms with van der Waals surface area (Å²) in [5.74, 6) is 0. The Morgan fingerprint density at radius 1 is 1.45 bits per heavy atom. The van der Waals surface area contributed by atoms with Crippen molar-refractivity contribution in [3.8, 4) is 0 Å². The summed E-state index contributed by atoms with van der Waals surface area (Å²) in [7, 11) is 0. The van der Waals surface area contributed by atoms with Gasteiger partial charge >= 0.3 is 0 Å². The molecule has 1 rings (SSSR count). The van der Waals surface area contributed by atoms with E-state index in [1.54, 1.807) is 0 Å². The molecule has 0 spiro atoms. The molecule has 11 heavy (non-hydrogen) atoms. The maximum atomic E-state index is 3.96. The summed E-state index contributed by atoms with van der Waals surface area (Å²) in [6.45, 7) is 4.26. The van der Waals surface area contributed by atoms with Crippen molar-refractivity contribution >= 4 is 0 Å². The lowest BCUT2D eigenvalue weighted by molar-refractivity contribution is -0.413. The van der Waals surface area contributed by atoms with Crippen LogP contribution in [0.5, 0.6) is 0 Å². The van der Waals surface area contributed by atoms with Crippen LogP contribution in [-0.2, 0) is 6.42 Å². The van der Waals surface area contributed by atoms with Gasteiger partial charge in [0.15, 0.2) is 0 Å². The fourth-order valence-electron chi connectivity index (χ4n) is 1.24. The number of quaternary nitrogens is 1. The van der Waals surface area contributed by atoms with Crippen molar-refractivity contribution in [1.82, 2.24) is 0 Å². The van der Waals surface area contributed by atoms with Gasteiger partial charge in [-0.15, -0.1) is 0 Å². The molecule has 0 bridgehead atoms. The highest BCUT2D eigenvalue weighted by Crippen LogP contribution is 2.04. The maximum Gasteiger partial charge on any atom is 0.0855 e. The summed E-state index contributed by atoms with van der Waals surface area (Å²) in [5, 5.41) is 0. The van der Waals surface area contributed by atoms with Crippen molar-refractivity contribution in [2.24, 2.45) is 0 Å². The SMILES string of the molecule is Cc1cccc(CC(C)[NH3+])c1. The van der Waals surface area contributed by atoms with Crippen LogP contribution in [0, 0.1) is 6.92 Å². The lowest BCUT2D eigenvalue weighted by Gasteiger charge is -2.02. The van der Waals surface area contributed by atoms with Gasteiger partial charge in [0, 0.05) is 6.42 Å². The highest BCUT2D eigenvalue weighted by atomic mass is 14.6. The Bertz CT molecular complexity index is 228. The van der Waals surface area contributed by atoms with Crippen LogP contribution in [0.1, 0.15) is 18.1 Å². The Morgan fingerprint density at radius 2 is 2.18 bits per heavy atom. The van der Waals surface area contributed by atoms with E-state index in [2.05, 4.69) is 43.8 Å². The van der Waals surface area contributed by atoms with Gasteiger partial charge in [-0.3, -0.25) is 0 Å². The largest absolute Gasteiger partial charge is 0.355 e.